The van der Waals surface area contributed by atoms with Crippen molar-refractivity contribution in [3.8, 4) is 0 Å². The molecule has 0 radical (unpaired) electrons. The van der Waals surface area contributed by atoms with Crippen LogP contribution < -0.4 is 10.6 Å². The molecule has 0 unspecified atom stereocenters. The number of fused-ring (bicyclic) bond motifs is 1. The predicted octanol–water partition coefficient (Wildman–Crippen LogP) is 1.68. The molecule has 0 aromatic carbocycles. The highest BCUT2D eigenvalue weighted by atomic mass is 16.1. The summed E-state index contributed by atoms with van der Waals surface area (Å²) in [6.45, 7) is 4.10. The molecule has 6 nitrogen and oxygen atoms in total. The van der Waals surface area contributed by atoms with Crippen LogP contribution in [0, 0.1) is 0 Å². The maximum Gasteiger partial charge on any atom is 0.327 e. The smallest absolute Gasteiger partial charge is 0.317 e. The predicted molar refractivity (Wildman–Crippen MR) is 74.4 cm³/mol. The number of hydrogen-bond acceptors (Lipinski definition) is 3. The highest BCUT2D eigenvalue weighted by Crippen LogP contribution is 2.22. The van der Waals surface area contributed by atoms with Gasteiger partial charge >= 0.3 is 5.69 Å². The number of carbonyl (C=O) groups is 1. The van der Waals surface area contributed by atoms with Crippen LogP contribution in [0.2, 0.25) is 0 Å². The quantitative estimate of drug-likeness (QED) is 0.833. The number of imidazole rings is 1. The molecule has 2 aromatic rings. The molecule has 0 aliphatic rings. The SMILES string of the molecule is CCC(CC)n1c(=O)[nH]c2ncc(N(C)C=O)cc21. The first-order chi connectivity index (χ1) is 9.12. The highest BCUT2D eigenvalue weighted by Gasteiger charge is 2.15. The van der Waals surface area contributed by atoms with Crippen LogP contribution in [0.5, 0.6) is 0 Å². The summed E-state index contributed by atoms with van der Waals surface area (Å²) < 4.78 is 1.73. The number of carbonyl (C=O) groups excluding carboxylic acids is 1. The Kier molecular flexibility index (Phi) is 3.69. The maximum absolute atomic E-state index is 12.0. The zero-order chi connectivity index (χ0) is 14.0. The van der Waals surface area contributed by atoms with E-state index in [4.69, 9.17) is 0 Å². The molecule has 0 aliphatic heterocycles. The first-order valence-electron chi connectivity index (χ1n) is 6.40. The molecule has 1 N–H and O–H groups in total. The zero-order valence-corrected chi connectivity index (χ0v) is 11.4. The van der Waals surface area contributed by atoms with Gasteiger partial charge in [0.1, 0.15) is 0 Å². The second-order valence-electron chi connectivity index (χ2n) is 4.55. The van der Waals surface area contributed by atoms with E-state index in [9.17, 15) is 9.59 Å². The number of pyridine rings is 1. The van der Waals surface area contributed by atoms with Gasteiger partial charge in [0.05, 0.1) is 17.4 Å². The van der Waals surface area contributed by atoms with Gasteiger partial charge in [-0.3, -0.25) is 14.3 Å². The molecular formula is C13H18N4O2. The second-order valence-corrected chi connectivity index (χ2v) is 4.55. The molecule has 0 saturated carbocycles. The van der Waals surface area contributed by atoms with Crippen molar-refractivity contribution in [2.75, 3.05) is 11.9 Å². The summed E-state index contributed by atoms with van der Waals surface area (Å²) in [6, 6.07) is 1.95. The largest absolute Gasteiger partial charge is 0.327 e. The van der Waals surface area contributed by atoms with Gasteiger partial charge in [-0.15, -0.1) is 0 Å². The number of aromatic nitrogens is 3. The number of hydrogen-bond donors (Lipinski definition) is 1. The summed E-state index contributed by atoms with van der Waals surface area (Å²) in [5.74, 6) is 0. The second kappa shape index (κ2) is 5.26. The zero-order valence-electron chi connectivity index (χ0n) is 11.4. The summed E-state index contributed by atoms with van der Waals surface area (Å²) >= 11 is 0. The monoisotopic (exact) mass is 262 g/mol. The number of anilines is 1. The minimum atomic E-state index is -0.151. The Balaban J connectivity index is 2.65. The third kappa shape index (κ3) is 2.25. The van der Waals surface area contributed by atoms with Crippen molar-refractivity contribution in [1.82, 2.24) is 14.5 Å². The summed E-state index contributed by atoms with van der Waals surface area (Å²) in [5, 5.41) is 0. The van der Waals surface area contributed by atoms with Gasteiger partial charge in [0.2, 0.25) is 6.41 Å². The van der Waals surface area contributed by atoms with Crippen LogP contribution in [0.15, 0.2) is 17.1 Å². The minimum absolute atomic E-state index is 0.139. The number of H-pyrrole nitrogens is 1. The maximum atomic E-state index is 12.0. The Morgan fingerprint density at radius 2 is 2.16 bits per heavy atom. The molecule has 102 valence electrons. The topological polar surface area (TPSA) is 71.0 Å². The lowest BCUT2D eigenvalue weighted by Crippen LogP contribution is -2.21. The molecule has 0 spiro atoms. The molecule has 19 heavy (non-hydrogen) atoms. The summed E-state index contributed by atoms with van der Waals surface area (Å²) in [4.78, 5) is 31.2. The van der Waals surface area contributed by atoms with Crippen LogP contribution in [0.3, 0.4) is 0 Å². The fourth-order valence-corrected chi connectivity index (χ4v) is 2.26. The molecule has 0 bridgehead atoms. The van der Waals surface area contributed by atoms with Crippen molar-refractivity contribution in [3.63, 3.8) is 0 Å². The van der Waals surface area contributed by atoms with Crippen LogP contribution in [0.25, 0.3) is 11.2 Å². The van der Waals surface area contributed by atoms with E-state index in [-0.39, 0.29) is 11.7 Å². The van der Waals surface area contributed by atoms with E-state index >= 15 is 0 Å². The molecule has 1 amide bonds. The van der Waals surface area contributed by atoms with Crippen molar-refractivity contribution < 1.29 is 4.79 Å². The van der Waals surface area contributed by atoms with Crippen LogP contribution in [0.1, 0.15) is 32.7 Å². The van der Waals surface area contributed by atoms with Gasteiger partial charge in [-0.05, 0) is 18.9 Å². The molecule has 6 heteroatoms. The lowest BCUT2D eigenvalue weighted by Gasteiger charge is -2.15. The number of amides is 1. The van der Waals surface area contributed by atoms with Crippen LogP contribution >= 0.6 is 0 Å². The van der Waals surface area contributed by atoms with E-state index in [0.717, 1.165) is 24.8 Å². The van der Waals surface area contributed by atoms with Gasteiger partial charge in [-0.25, -0.2) is 9.78 Å². The molecule has 0 fully saturated rings. The molecular weight excluding hydrogens is 244 g/mol. The van der Waals surface area contributed by atoms with Crippen molar-refractivity contribution in [2.45, 2.75) is 32.7 Å². The van der Waals surface area contributed by atoms with E-state index in [1.165, 1.54) is 4.90 Å². The molecule has 0 saturated heterocycles. The summed E-state index contributed by atoms with van der Waals surface area (Å²) in [6.07, 6.45) is 4.03. The number of nitrogens with one attached hydrogen (secondary N) is 1. The fraction of sp³-hybridized carbons (Fsp3) is 0.462. The van der Waals surface area contributed by atoms with E-state index < -0.39 is 0 Å². The average Bonchev–Trinajstić information content (AvgIpc) is 2.75. The van der Waals surface area contributed by atoms with Crippen LogP contribution in [0.4, 0.5) is 5.69 Å². The van der Waals surface area contributed by atoms with E-state index in [1.54, 1.807) is 17.8 Å². The van der Waals surface area contributed by atoms with Gasteiger partial charge in [0.15, 0.2) is 5.65 Å². The van der Waals surface area contributed by atoms with E-state index in [1.807, 2.05) is 19.9 Å². The summed E-state index contributed by atoms with van der Waals surface area (Å²) in [5.41, 5.74) is 1.81. The average molecular weight is 262 g/mol. The van der Waals surface area contributed by atoms with Crippen molar-refractivity contribution in [1.29, 1.82) is 0 Å². The minimum Gasteiger partial charge on any atom is -0.317 e. The standard InChI is InChI=1S/C13H18N4O2/c1-4-9(5-2)17-11-6-10(16(3)8-18)7-14-12(11)15-13(17)19/h6-9H,4-5H2,1-3H3,(H,14,15,19). The molecule has 0 aliphatic carbocycles. The Morgan fingerprint density at radius 3 is 2.74 bits per heavy atom. The molecule has 2 rings (SSSR count). The number of aromatic amines is 1. The van der Waals surface area contributed by atoms with Crippen molar-refractivity contribution in [2.24, 2.45) is 0 Å². The lowest BCUT2D eigenvalue weighted by atomic mass is 10.1. The number of rotatable bonds is 5. The van der Waals surface area contributed by atoms with Crippen LogP contribution in [-0.4, -0.2) is 28.0 Å². The molecule has 0 atom stereocenters. The van der Waals surface area contributed by atoms with Crippen LogP contribution in [-0.2, 0) is 4.79 Å². The van der Waals surface area contributed by atoms with Gasteiger partial charge in [-0.1, -0.05) is 13.8 Å². The Bertz CT molecular complexity index is 640. The number of nitrogens with zero attached hydrogens (tertiary/aromatic N) is 3. The first-order valence-corrected chi connectivity index (χ1v) is 6.40. The molecule has 2 heterocycles. The lowest BCUT2D eigenvalue weighted by molar-refractivity contribution is -0.107. The Hall–Kier alpha value is -2.11. The Labute approximate surface area is 111 Å². The fourth-order valence-electron chi connectivity index (χ4n) is 2.26. The van der Waals surface area contributed by atoms with E-state index in [2.05, 4.69) is 9.97 Å². The third-order valence-corrected chi connectivity index (χ3v) is 3.43. The summed E-state index contributed by atoms with van der Waals surface area (Å²) in [7, 11) is 1.65. The van der Waals surface area contributed by atoms with Gasteiger partial charge in [0, 0.05) is 13.1 Å². The van der Waals surface area contributed by atoms with Gasteiger partial charge in [0.25, 0.3) is 0 Å². The third-order valence-electron chi connectivity index (χ3n) is 3.43. The molecule has 2 aromatic heterocycles. The normalized spacial score (nSPS) is 11.2. The van der Waals surface area contributed by atoms with E-state index in [0.29, 0.717) is 11.3 Å². The van der Waals surface area contributed by atoms with Gasteiger partial charge < -0.3 is 4.90 Å². The van der Waals surface area contributed by atoms with Crippen molar-refractivity contribution >= 4 is 23.3 Å². The van der Waals surface area contributed by atoms with Crippen molar-refractivity contribution in [3.05, 3.63) is 22.7 Å². The van der Waals surface area contributed by atoms with Gasteiger partial charge in [-0.2, -0.15) is 0 Å². The first kappa shape index (κ1) is 13.3. The highest BCUT2D eigenvalue weighted by molar-refractivity contribution is 5.81. The Morgan fingerprint density at radius 1 is 1.47 bits per heavy atom.